The highest BCUT2D eigenvalue weighted by Gasteiger charge is 2.44. The second-order valence-corrected chi connectivity index (χ2v) is 17.2. The van der Waals surface area contributed by atoms with E-state index >= 15 is 0 Å². The Balaban J connectivity index is 0.998. The summed E-state index contributed by atoms with van der Waals surface area (Å²) >= 11 is 0. The molecule has 0 bridgehead atoms. The van der Waals surface area contributed by atoms with Gasteiger partial charge in [0.1, 0.15) is 48.1 Å². The van der Waals surface area contributed by atoms with Gasteiger partial charge in [0.15, 0.2) is 5.43 Å². The summed E-state index contributed by atoms with van der Waals surface area (Å²) in [7, 11) is 7.57. The fourth-order valence-corrected chi connectivity index (χ4v) is 8.97. The van der Waals surface area contributed by atoms with Crippen LogP contribution in [-0.2, 0) is 4.79 Å². The van der Waals surface area contributed by atoms with Gasteiger partial charge in [-0.2, -0.15) is 0 Å². The van der Waals surface area contributed by atoms with Crippen molar-refractivity contribution in [3.8, 4) is 50.7 Å². The molecule has 0 aromatic heterocycles. The van der Waals surface area contributed by atoms with E-state index in [1.165, 1.54) is 71.6 Å². The summed E-state index contributed by atoms with van der Waals surface area (Å²) in [4.78, 5) is 82.4. The van der Waals surface area contributed by atoms with E-state index in [9.17, 15) is 49.2 Å². The van der Waals surface area contributed by atoms with Crippen LogP contribution >= 0.6 is 0 Å². The third kappa shape index (κ3) is 7.80. The Morgan fingerprint density at radius 2 is 1.19 bits per heavy atom. The van der Waals surface area contributed by atoms with Crippen molar-refractivity contribution in [2.75, 3.05) is 46.2 Å². The summed E-state index contributed by atoms with van der Waals surface area (Å²) in [6, 6.07) is 28.0. The molecular weight excluding hydrogens is 873 g/mol. The molecule has 0 radical (unpaired) electrons. The molecule has 16 nitrogen and oxygen atoms in total. The third-order valence-corrected chi connectivity index (χ3v) is 12.6. The lowest BCUT2D eigenvalue weighted by molar-refractivity contribution is -0.146. The number of carboxylic acids is 3. The number of nitrogens with one attached hydrogen (secondary N) is 1. The predicted molar refractivity (Wildman–Crippen MR) is 253 cm³/mol. The first kappa shape index (κ1) is 44.4. The zero-order valence-electron chi connectivity index (χ0n) is 37.1. The van der Waals surface area contributed by atoms with Crippen LogP contribution < -0.4 is 25.6 Å². The number of aromatic hydroxyl groups is 1. The number of anilines is 1. The van der Waals surface area contributed by atoms with Crippen molar-refractivity contribution in [2.45, 2.75) is 18.4 Å². The Kier molecular flexibility index (Phi) is 11.0. The van der Waals surface area contributed by atoms with E-state index in [1.807, 2.05) is 74.1 Å². The summed E-state index contributed by atoms with van der Waals surface area (Å²) in [5.41, 5.74) is 1.43. The first-order chi connectivity index (χ1) is 32.4. The Labute approximate surface area is 386 Å². The lowest BCUT2D eigenvalue weighted by Gasteiger charge is -2.39. The number of aromatic carboxylic acids is 2. The molecule has 4 aromatic carbocycles. The summed E-state index contributed by atoms with van der Waals surface area (Å²) in [6.45, 7) is -0.259. The molecule has 2 aliphatic carbocycles. The molecule has 4 aromatic rings. The topological polar surface area (TPSA) is 231 Å². The van der Waals surface area contributed by atoms with E-state index < -0.39 is 35.3 Å². The van der Waals surface area contributed by atoms with Gasteiger partial charge in [0, 0.05) is 101 Å². The highest BCUT2D eigenvalue weighted by Crippen LogP contribution is 2.44. The summed E-state index contributed by atoms with van der Waals surface area (Å²) < 4.78 is 14.2. The maximum atomic E-state index is 14.0. The van der Waals surface area contributed by atoms with Gasteiger partial charge in [-0.25, -0.2) is 19.0 Å². The van der Waals surface area contributed by atoms with E-state index in [2.05, 4.69) is 5.32 Å². The lowest BCUT2D eigenvalue weighted by atomic mass is 9.86. The molecule has 3 aliphatic heterocycles. The molecule has 0 saturated carbocycles. The van der Waals surface area contributed by atoms with Crippen LogP contribution in [0.2, 0.25) is 0 Å². The van der Waals surface area contributed by atoms with E-state index in [0.717, 1.165) is 11.0 Å². The van der Waals surface area contributed by atoms with E-state index in [0.29, 0.717) is 49.9 Å². The molecule has 3 heterocycles. The van der Waals surface area contributed by atoms with E-state index in [-0.39, 0.29) is 76.3 Å². The van der Waals surface area contributed by atoms with Crippen LogP contribution in [0.1, 0.15) is 54.3 Å². The molecule has 1 fully saturated rings. The minimum atomic E-state index is -1.84. The molecular formula is C52H43N4O12+. The summed E-state index contributed by atoms with van der Waals surface area (Å²) in [5.74, 6) is -4.86. The number of carbonyl (C=O) groups excluding carboxylic acids is 2. The zero-order valence-corrected chi connectivity index (χ0v) is 37.1. The standard InChI is InChI=1S/C52H42N4O12/c1-54(2)29-7-13-35-41(23-29)67-42-24-30(55(3)4)8-14-36(42)45(35)33-11-5-27(21-39(33)49(61)62)47(59)53-52(51(65)66)17-19-56(20-18-52)48(60)28-6-12-34(40(22-28)50(63)64)46-37-15-9-31(57)25-43(37)68-44-26-32(58)10-16-38(44)46/h5-16,21-26H,17-20H2,1-4H3,(H4-,53,57,58,59,61,62,63,64,65,66)/p+1. The number of hydrogen-bond acceptors (Lipinski definition) is 10. The molecule has 342 valence electrons. The largest absolute Gasteiger partial charge is 0.508 e. The minimum absolute atomic E-state index is 0.0111. The van der Waals surface area contributed by atoms with Gasteiger partial charge in [0.2, 0.25) is 5.36 Å². The van der Waals surface area contributed by atoms with Gasteiger partial charge < -0.3 is 44.4 Å². The van der Waals surface area contributed by atoms with Crippen LogP contribution in [-0.4, -0.2) is 102 Å². The molecule has 5 aliphatic rings. The molecule has 2 amide bonds. The van der Waals surface area contributed by atoms with Crippen LogP contribution in [0, 0.1) is 0 Å². The number of likely N-dealkylation sites (tertiary alicyclic amines) is 1. The van der Waals surface area contributed by atoms with Crippen molar-refractivity contribution in [2.24, 2.45) is 0 Å². The number of benzene rings is 6. The monoisotopic (exact) mass is 915 g/mol. The van der Waals surface area contributed by atoms with Crippen molar-refractivity contribution in [1.82, 2.24) is 14.8 Å². The second-order valence-electron chi connectivity index (χ2n) is 17.2. The molecule has 0 spiro atoms. The number of carbonyl (C=O) groups is 5. The van der Waals surface area contributed by atoms with Crippen molar-refractivity contribution in [3.63, 3.8) is 0 Å². The quantitative estimate of drug-likeness (QED) is 0.0744. The van der Waals surface area contributed by atoms with Gasteiger partial charge in [0.25, 0.3) is 11.8 Å². The summed E-state index contributed by atoms with van der Waals surface area (Å²) in [6.07, 6.45) is -0.439. The van der Waals surface area contributed by atoms with E-state index in [1.54, 1.807) is 6.07 Å². The molecule has 0 atom stereocenters. The fourth-order valence-electron chi connectivity index (χ4n) is 8.97. The molecule has 1 saturated heterocycles. The Bertz CT molecular complexity index is 3520. The molecule has 16 heteroatoms. The minimum Gasteiger partial charge on any atom is -0.508 e. The van der Waals surface area contributed by atoms with Crippen molar-refractivity contribution in [3.05, 3.63) is 147 Å². The second kappa shape index (κ2) is 16.9. The Morgan fingerprint density at radius 1 is 0.647 bits per heavy atom. The number of amides is 2. The number of hydrogen-bond donors (Lipinski definition) is 5. The molecule has 68 heavy (non-hydrogen) atoms. The first-order valence-corrected chi connectivity index (χ1v) is 21.4. The van der Waals surface area contributed by atoms with Crippen LogP contribution in [0.5, 0.6) is 5.75 Å². The van der Waals surface area contributed by atoms with Gasteiger partial charge in [-0.3, -0.25) is 14.4 Å². The average Bonchev–Trinajstić information content (AvgIpc) is 3.31. The van der Waals surface area contributed by atoms with Gasteiger partial charge in [-0.05, 0) is 90.7 Å². The van der Waals surface area contributed by atoms with Crippen molar-refractivity contribution >= 4 is 57.3 Å². The van der Waals surface area contributed by atoms with Gasteiger partial charge in [-0.1, -0.05) is 12.1 Å². The van der Waals surface area contributed by atoms with Crippen LogP contribution in [0.3, 0.4) is 0 Å². The Hall–Kier alpha value is -8.79. The highest BCUT2D eigenvalue weighted by molar-refractivity contribution is 6.11. The zero-order chi connectivity index (χ0) is 48.3. The molecule has 5 N–H and O–H groups in total. The van der Waals surface area contributed by atoms with Crippen molar-refractivity contribution in [1.29, 1.82) is 0 Å². The first-order valence-electron chi connectivity index (χ1n) is 21.4. The molecule has 0 unspecified atom stereocenters. The highest BCUT2D eigenvalue weighted by atomic mass is 16.4. The van der Waals surface area contributed by atoms with Crippen LogP contribution in [0.15, 0.2) is 123 Å². The van der Waals surface area contributed by atoms with Gasteiger partial charge in [0.05, 0.1) is 17.2 Å². The number of aliphatic carboxylic acids is 1. The number of phenols is 1. The lowest BCUT2D eigenvalue weighted by Crippen LogP contribution is -2.60. The summed E-state index contributed by atoms with van der Waals surface area (Å²) in [5, 5.41) is 46.4. The van der Waals surface area contributed by atoms with Gasteiger partial charge in [-0.15, -0.1) is 0 Å². The molecule has 9 rings (SSSR count). The number of nitrogens with zero attached hydrogens (tertiary/aromatic N) is 3. The van der Waals surface area contributed by atoms with Crippen molar-refractivity contribution < 1.29 is 53.2 Å². The maximum absolute atomic E-state index is 14.0. The SMILES string of the molecule is CN(C)c1ccc2c(-c3ccc(C(=O)NC4(C(=O)O)CCN(C(=O)c5ccc(-c6c7ccc(=O)cc-7oc7cc(O)ccc67)c(C(=O)O)c5)CC4)cc3C(=O)O)c3ccc(=[N+](C)C)cc-3oc2c1. The smallest absolute Gasteiger partial charge is 0.336 e. The van der Waals surface area contributed by atoms with Crippen LogP contribution in [0.25, 0.3) is 66.8 Å². The number of piperidine rings is 1. The van der Waals surface area contributed by atoms with Crippen LogP contribution in [0.4, 0.5) is 5.69 Å². The Morgan fingerprint density at radius 3 is 1.78 bits per heavy atom. The third-order valence-electron chi connectivity index (χ3n) is 12.6. The normalized spacial score (nSPS) is 13.4. The predicted octanol–water partition coefficient (Wildman–Crippen LogP) is 6.77. The van der Waals surface area contributed by atoms with Gasteiger partial charge >= 0.3 is 17.9 Å². The average molecular weight is 916 g/mol. The number of rotatable bonds is 9. The number of carboxylic acid groups (broad SMARTS) is 3. The maximum Gasteiger partial charge on any atom is 0.336 e. The fraction of sp³-hybridized carbons (Fsp3) is 0.173. The number of fused-ring (bicyclic) bond motifs is 4. The van der Waals surface area contributed by atoms with E-state index in [4.69, 9.17) is 8.83 Å². The number of phenolic OH excluding ortho intramolecular Hbond substituents is 1.